The van der Waals surface area contributed by atoms with Crippen LogP contribution in [0.1, 0.15) is 53.5 Å². The highest BCUT2D eigenvalue weighted by molar-refractivity contribution is 7.10. The molecule has 2 heterocycles. The SMILES string of the molecule is CCN(CC)C(=O)c1ccc(C=C2CCNC(c3cccs3)C2)cc1. The minimum atomic E-state index is 0.115. The average Bonchev–Trinajstić information content (AvgIpc) is 3.18. The summed E-state index contributed by atoms with van der Waals surface area (Å²) in [6.45, 7) is 6.55. The van der Waals surface area contributed by atoms with Gasteiger partial charge in [-0.25, -0.2) is 0 Å². The van der Waals surface area contributed by atoms with Crippen LogP contribution in [-0.2, 0) is 0 Å². The lowest BCUT2D eigenvalue weighted by Gasteiger charge is -2.25. The van der Waals surface area contributed by atoms with Crippen LogP contribution in [-0.4, -0.2) is 30.4 Å². The third-order valence-corrected chi connectivity index (χ3v) is 5.75. The third kappa shape index (κ3) is 4.39. The number of carbonyl (C=O) groups is 1. The van der Waals surface area contributed by atoms with E-state index >= 15 is 0 Å². The summed E-state index contributed by atoms with van der Waals surface area (Å²) in [7, 11) is 0. The lowest BCUT2D eigenvalue weighted by atomic mass is 9.95. The lowest BCUT2D eigenvalue weighted by Crippen LogP contribution is -2.30. The molecule has 1 aromatic heterocycles. The molecular formula is C21H26N2OS. The average molecular weight is 355 g/mol. The summed E-state index contributed by atoms with van der Waals surface area (Å²) in [6.07, 6.45) is 4.43. The first-order chi connectivity index (χ1) is 12.2. The van der Waals surface area contributed by atoms with Crippen molar-refractivity contribution in [2.75, 3.05) is 19.6 Å². The molecule has 3 nitrogen and oxygen atoms in total. The number of amides is 1. The second-order valence-corrected chi connectivity index (χ2v) is 7.36. The molecule has 1 aromatic carbocycles. The summed E-state index contributed by atoms with van der Waals surface area (Å²) in [6, 6.07) is 12.8. The van der Waals surface area contributed by atoms with Gasteiger partial charge >= 0.3 is 0 Å². The van der Waals surface area contributed by atoms with Gasteiger partial charge in [-0.05, 0) is 62.4 Å². The molecule has 25 heavy (non-hydrogen) atoms. The van der Waals surface area contributed by atoms with E-state index < -0.39 is 0 Å². The molecule has 1 aliphatic rings. The molecule has 3 rings (SSSR count). The van der Waals surface area contributed by atoms with E-state index in [4.69, 9.17) is 0 Å². The molecule has 1 atom stereocenters. The second-order valence-electron chi connectivity index (χ2n) is 6.38. The van der Waals surface area contributed by atoms with Crippen molar-refractivity contribution >= 4 is 23.3 Å². The molecule has 1 N–H and O–H groups in total. The number of nitrogens with one attached hydrogen (secondary N) is 1. The number of carbonyl (C=O) groups excluding carboxylic acids is 1. The largest absolute Gasteiger partial charge is 0.339 e. The highest BCUT2D eigenvalue weighted by atomic mass is 32.1. The number of nitrogens with zero attached hydrogens (tertiary/aromatic N) is 1. The van der Waals surface area contributed by atoms with E-state index in [0.29, 0.717) is 6.04 Å². The van der Waals surface area contributed by atoms with Gasteiger partial charge in [0, 0.05) is 29.6 Å². The Balaban J connectivity index is 1.70. The van der Waals surface area contributed by atoms with Crippen molar-refractivity contribution in [3.8, 4) is 0 Å². The zero-order chi connectivity index (χ0) is 17.6. The van der Waals surface area contributed by atoms with E-state index in [1.165, 1.54) is 16.0 Å². The van der Waals surface area contributed by atoms with E-state index in [0.717, 1.165) is 38.0 Å². The molecule has 132 valence electrons. The van der Waals surface area contributed by atoms with Crippen LogP contribution < -0.4 is 5.32 Å². The Morgan fingerprint density at radius 2 is 2.00 bits per heavy atom. The molecule has 0 saturated carbocycles. The summed E-state index contributed by atoms with van der Waals surface area (Å²) in [5.41, 5.74) is 3.42. The van der Waals surface area contributed by atoms with Gasteiger partial charge in [-0.15, -0.1) is 11.3 Å². The van der Waals surface area contributed by atoms with E-state index in [1.54, 1.807) is 0 Å². The van der Waals surface area contributed by atoms with Crippen LogP contribution in [0.4, 0.5) is 0 Å². The van der Waals surface area contributed by atoms with Gasteiger partial charge in [-0.1, -0.05) is 29.8 Å². The molecule has 0 spiro atoms. The molecule has 0 bridgehead atoms. The maximum Gasteiger partial charge on any atom is 0.253 e. The lowest BCUT2D eigenvalue weighted by molar-refractivity contribution is 0.0773. The van der Waals surface area contributed by atoms with Crippen LogP contribution in [0.25, 0.3) is 6.08 Å². The fourth-order valence-corrected chi connectivity index (χ4v) is 4.12. The summed E-state index contributed by atoms with van der Waals surface area (Å²) in [5.74, 6) is 0.115. The Labute approximate surface area is 154 Å². The van der Waals surface area contributed by atoms with Gasteiger partial charge in [0.1, 0.15) is 0 Å². The Morgan fingerprint density at radius 1 is 1.24 bits per heavy atom. The Morgan fingerprint density at radius 3 is 2.64 bits per heavy atom. The summed E-state index contributed by atoms with van der Waals surface area (Å²) < 4.78 is 0. The Hall–Kier alpha value is -1.91. The molecule has 0 aliphatic carbocycles. The van der Waals surface area contributed by atoms with E-state index in [9.17, 15) is 4.79 Å². The predicted octanol–water partition coefficient (Wildman–Crippen LogP) is 4.74. The Kier molecular flexibility index (Phi) is 6.05. The van der Waals surface area contributed by atoms with Crippen LogP contribution in [0, 0.1) is 0 Å². The monoisotopic (exact) mass is 354 g/mol. The Bertz CT molecular complexity index is 715. The number of rotatable bonds is 5. The minimum Gasteiger partial charge on any atom is -0.339 e. The molecule has 1 unspecified atom stereocenters. The minimum absolute atomic E-state index is 0.115. The molecule has 0 radical (unpaired) electrons. The fourth-order valence-electron chi connectivity index (χ4n) is 3.32. The molecule has 2 aromatic rings. The van der Waals surface area contributed by atoms with Gasteiger partial charge in [-0.3, -0.25) is 4.79 Å². The molecular weight excluding hydrogens is 328 g/mol. The van der Waals surface area contributed by atoms with Gasteiger partial charge < -0.3 is 10.2 Å². The highest BCUT2D eigenvalue weighted by Gasteiger charge is 2.18. The summed E-state index contributed by atoms with van der Waals surface area (Å²) >= 11 is 1.82. The molecule has 1 fully saturated rings. The summed E-state index contributed by atoms with van der Waals surface area (Å²) in [5, 5.41) is 5.75. The second kappa shape index (κ2) is 8.45. The summed E-state index contributed by atoms with van der Waals surface area (Å²) in [4.78, 5) is 15.6. The van der Waals surface area contributed by atoms with Crippen LogP contribution >= 0.6 is 11.3 Å². The molecule has 1 saturated heterocycles. The first-order valence-corrected chi connectivity index (χ1v) is 9.94. The third-order valence-electron chi connectivity index (χ3n) is 4.77. The first-order valence-electron chi connectivity index (χ1n) is 9.06. The number of hydrogen-bond acceptors (Lipinski definition) is 3. The van der Waals surface area contributed by atoms with Gasteiger partial charge in [0.25, 0.3) is 5.91 Å². The van der Waals surface area contributed by atoms with Crippen LogP contribution in [0.2, 0.25) is 0 Å². The standard InChI is InChI=1S/C21H26N2OS/c1-3-23(4-2)21(24)18-9-7-16(8-10-18)14-17-11-12-22-19(15-17)20-6-5-13-25-20/h5-10,13-14,19,22H,3-4,11-12,15H2,1-2H3. The molecule has 1 aliphatic heterocycles. The zero-order valence-corrected chi connectivity index (χ0v) is 15.8. The van der Waals surface area contributed by atoms with Crippen LogP contribution in [0.3, 0.4) is 0 Å². The first kappa shape index (κ1) is 17.9. The quantitative estimate of drug-likeness (QED) is 0.841. The topological polar surface area (TPSA) is 32.3 Å². The predicted molar refractivity (Wildman–Crippen MR) is 106 cm³/mol. The van der Waals surface area contributed by atoms with Crippen molar-refractivity contribution in [3.05, 3.63) is 63.4 Å². The van der Waals surface area contributed by atoms with Crippen LogP contribution in [0.5, 0.6) is 0 Å². The van der Waals surface area contributed by atoms with Crippen molar-refractivity contribution in [3.63, 3.8) is 0 Å². The van der Waals surface area contributed by atoms with Gasteiger partial charge in [0.2, 0.25) is 0 Å². The van der Waals surface area contributed by atoms with Crippen molar-refractivity contribution in [2.24, 2.45) is 0 Å². The van der Waals surface area contributed by atoms with Gasteiger partial charge in [0.05, 0.1) is 0 Å². The number of benzene rings is 1. The number of thiophene rings is 1. The zero-order valence-electron chi connectivity index (χ0n) is 15.0. The molecule has 4 heteroatoms. The van der Waals surface area contributed by atoms with Crippen LogP contribution in [0.15, 0.2) is 47.4 Å². The smallest absolute Gasteiger partial charge is 0.253 e. The maximum absolute atomic E-state index is 12.4. The maximum atomic E-state index is 12.4. The molecule has 1 amide bonds. The number of piperidine rings is 1. The van der Waals surface area contributed by atoms with Crippen molar-refractivity contribution < 1.29 is 4.79 Å². The van der Waals surface area contributed by atoms with Gasteiger partial charge in [-0.2, -0.15) is 0 Å². The number of hydrogen-bond donors (Lipinski definition) is 1. The van der Waals surface area contributed by atoms with E-state index in [1.807, 2.05) is 42.2 Å². The van der Waals surface area contributed by atoms with Crippen molar-refractivity contribution in [1.29, 1.82) is 0 Å². The van der Waals surface area contributed by atoms with Gasteiger partial charge in [0.15, 0.2) is 0 Å². The van der Waals surface area contributed by atoms with Crippen molar-refractivity contribution in [1.82, 2.24) is 10.2 Å². The van der Waals surface area contributed by atoms with E-state index in [-0.39, 0.29) is 5.91 Å². The normalized spacial score (nSPS) is 19.1. The highest BCUT2D eigenvalue weighted by Crippen LogP contribution is 2.30. The fraction of sp³-hybridized carbons (Fsp3) is 0.381. The van der Waals surface area contributed by atoms with Crippen molar-refractivity contribution in [2.45, 2.75) is 32.7 Å². The van der Waals surface area contributed by atoms with E-state index in [2.05, 4.69) is 41.0 Å².